The molecule has 3 atom stereocenters. The number of carbonyl (C=O) groups is 1. The minimum Gasteiger partial charge on any atom is -0.496 e. The van der Waals surface area contributed by atoms with Crippen LogP contribution in [0.3, 0.4) is 0 Å². The number of rotatable bonds is 11. The molecule has 8 heteroatoms. The number of ether oxygens (including phenoxy) is 2. The zero-order chi connectivity index (χ0) is 26.7. The SMILES string of the molecule is C=C=CC(F)Oc1cc(-c2cnn3cc(C(C)(C)C#N)ccc23)cc(OC)c1C(=O)CCC[C@@H]1C[C@@H]1F. The summed E-state index contributed by atoms with van der Waals surface area (Å²) in [6.45, 7) is 7.03. The third-order valence-electron chi connectivity index (χ3n) is 6.70. The van der Waals surface area contributed by atoms with E-state index in [4.69, 9.17) is 9.47 Å². The van der Waals surface area contributed by atoms with Crippen molar-refractivity contribution >= 4 is 11.3 Å². The van der Waals surface area contributed by atoms with Gasteiger partial charge in [-0.3, -0.25) is 4.79 Å². The number of alkyl halides is 2. The van der Waals surface area contributed by atoms with Gasteiger partial charge in [-0.2, -0.15) is 14.8 Å². The first-order chi connectivity index (χ1) is 17.7. The van der Waals surface area contributed by atoms with Crippen molar-refractivity contribution in [1.29, 1.82) is 5.26 Å². The Bertz CT molecular complexity index is 1420. The van der Waals surface area contributed by atoms with Gasteiger partial charge in [-0.05, 0) is 68.4 Å². The summed E-state index contributed by atoms with van der Waals surface area (Å²) in [7, 11) is 1.43. The van der Waals surface area contributed by atoms with Gasteiger partial charge in [-0.15, -0.1) is 5.73 Å². The number of hydrogen-bond donors (Lipinski definition) is 0. The second-order valence-electron chi connectivity index (χ2n) is 9.76. The number of nitriles is 1. The standard InChI is InChI=1S/C29H29F2N3O3/c1-5-7-27(31)37-26-14-19(13-25(36-4)28(26)24(35)9-6-8-18-12-22(18)30)21-15-33-34-16-20(10-11-23(21)34)29(2,3)17-32/h7,10-11,13-16,18,22,27H,1,6,8-9,12H2,2-4H3/t18-,22+,27?/m1/s1. The summed E-state index contributed by atoms with van der Waals surface area (Å²) in [6.07, 6.45) is 3.68. The van der Waals surface area contributed by atoms with Crippen LogP contribution in [0.2, 0.25) is 0 Å². The summed E-state index contributed by atoms with van der Waals surface area (Å²) >= 11 is 0. The molecule has 1 aromatic carbocycles. The van der Waals surface area contributed by atoms with Gasteiger partial charge < -0.3 is 9.47 Å². The van der Waals surface area contributed by atoms with Gasteiger partial charge in [-0.25, -0.2) is 8.91 Å². The molecule has 0 saturated heterocycles. The van der Waals surface area contributed by atoms with Crippen molar-refractivity contribution in [2.75, 3.05) is 7.11 Å². The van der Waals surface area contributed by atoms with Crippen molar-refractivity contribution in [2.24, 2.45) is 5.92 Å². The lowest BCUT2D eigenvalue weighted by Gasteiger charge is -2.17. The molecule has 4 rings (SSSR count). The van der Waals surface area contributed by atoms with Crippen molar-refractivity contribution in [3.05, 3.63) is 66.2 Å². The lowest BCUT2D eigenvalue weighted by atomic mass is 9.87. The molecule has 1 aliphatic carbocycles. The van der Waals surface area contributed by atoms with Crippen molar-refractivity contribution < 1.29 is 23.0 Å². The Labute approximate surface area is 214 Å². The molecule has 2 aromatic heterocycles. The molecular weight excluding hydrogens is 476 g/mol. The molecule has 0 aliphatic heterocycles. The van der Waals surface area contributed by atoms with E-state index in [1.54, 1.807) is 29.0 Å². The first kappa shape index (κ1) is 26.1. The topological polar surface area (TPSA) is 76.6 Å². The number of Topliss-reactive ketones (excluding diaryl/α,β-unsaturated/α-hetero) is 1. The van der Waals surface area contributed by atoms with Crippen LogP contribution in [-0.2, 0) is 5.41 Å². The van der Waals surface area contributed by atoms with Crippen molar-refractivity contribution in [1.82, 2.24) is 9.61 Å². The van der Waals surface area contributed by atoms with E-state index in [2.05, 4.69) is 23.5 Å². The van der Waals surface area contributed by atoms with Gasteiger partial charge >= 0.3 is 0 Å². The van der Waals surface area contributed by atoms with E-state index in [0.29, 0.717) is 30.4 Å². The van der Waals surface area contributed by atoms with Crippen LogP contribution in [0, 0.1) is 17.2 Å². The average molecular weight is 506 g/mol. The summed E-state index contributed by atoms with van der Waals surface area (Å²) in [5, 5.41) is 13.9. The number of hydrogen-bond acceptors (Lipinski definition) is 5. The van der Waals surface area contributed by atoms with Crippen LogP contribution >= 0.6 is 0 Å². The number of benzene rings is 1. The largest absolute Gasteiger partial charge is 0.496 e. The molecule has 2 heterocycles. The molecule has 1 fully saturated rings. The van der Waals surface area contributed by atoms with E-state index >= 15 is 0 Å². The van der Waals surface area contributed by atoms with Crippen LogP contribution < -0.4 is 9.47 Å². The average Bonchev–Trinajstić information content (AvgIpc) is 3.41. The minimum absolute atomic E-state index is 0.0229. The van der Waals surface area contributed by atoms with Crippen molar-refractivity contribution in [2.45, 2.75) is 57.5 Å². The molecule has 37 heavy (non-hydrogen) atoms. The maximum atomic E-state index is 14.5. The highest BCUT2D eigenvalue weighted by Gasteiger charge is 2.36. The maximum Gasteiger partial charge on any atom is 0.264 e. The molecule has 6 nitrogen and oxygen atoms in total. The number of fused-ring (bicyclic) bond motifs is 1. The van der Waals surface area contributed by atoms with Crippen LogP contribution in [0.5, 0.6) is 11.5 Å². The number of halogens is 2. The van der Waals surface area contributed by atoms with Crippen LogP contribution in [0.15, 0.2) is 55.0 Å². The second kappa shape index (κ2) is 10.6. The van der Waals surface area contributed by atoms with Gasteiger partial charge in [-0.1, -0.05) is 12.6 Å². The summed E-state index contributed by atoms with van der Waals surface area (Å²) < 4.78 is 40.4. The third kappa shape index (κ3) is 5.58. The summed E-state index contributed by atoms with van der Waals surface area (Å²) in [4.78, 5) is 13.2. The second-order valence-corrected chi connectivity index (χ2v) is 9.76. The number of methoxy groups -OCH3 is 1. The van der Waals surface area contributed by atoms with Gasteiger partial charge in [0.25, 0.3) is 6.36 Å². The molecule has 0 spiro atoms. The van der Waals surface area contributed by atoms with Crippen LogP contribution in [0.4, 0.5) is 8.78 Å². The van der Waals surface area contributed by atoms with Gasteiger partial charge in [0.2, 0.25) is 0 Å². The van der Waals surface area contributed by atoms with Crippen LogP contribution in [-0.4, -0.2) is 35.0 Å². The zero-order valence-corrected chi connectivity index (χ0v) is 21.1. The molecule has 192 valence electrons. The number of nitrogens with zero attached hydrogens (tertiary/aromatic N) is 3. The Balaban J connectivity index is 1.74. The summed E-state index contributed by atoms with van der Waals surface area (Å²) in [6, 6.07) is 9.29. The molecular formula is C29H29F2N3O3. The highest BCUT2D eigenvalue weighted by molar-refractivity contribution is 6.02. The normalized spacial score (nSPS) is 17.5. The lowest BCUT2D eigenvalue weighted by molar-refractivity contribution is 0.0940. The Hall–Kier alpha value is -3.95. The third-order valence-corrected chi connectivity index (χ3v) is 6.70. The van der Waals surface area contributed by atoms with Crippen molar-refractivity contribution in [3.8, 4) is 28.7 Å². The van der Waals surface area contributed by atoms with E-state index in [1.165, 1.54) is 7.11 Å². The Kier molecular flexibility index (Phi) is 7.47. The summed E-state index contributed by atoms with van der Waals surface area (Å²) in [5.41, 5.74) is 4.67. The van der Waals surface area contributed by atoms with Crippen LogP contribution in [0.1, 0.15) is 55.5 Å². The van der Waals surface area contributed by atoms with E-state index < -0.39 is 17.9 Å². The fraction of sp³-hybridized carbons (Fsp3) is 0.379. The zero-order valence-electron chi connectivity index (χ0n) is 21.1. The molecule has 0 amide bonds. The Morgan fingerprint density at radius 2 is 2.11 bits per heavy atom. The molecule has 1 saturated carbocycles. The van der Waals surface area contributed by atoms with Gasteiger partial charge in [0, 0.05) is 24.3 Å². The fourth-order valence-corrected chi connectivity index (χ4v) is 4.32. The molecule has 0 N–H and O–H groups in total. The van der Waals surface area contributed by atoms with Gasteiger partial charge in [0.05, 0.1) is 30.3 Å². The van der Waals surface area contributed by atoms with Gasteiger partial charge in [0.15, 0.2) is 5.78 Å². The highest BCUT2D eigenvalue weighted by Crippen LogP contribution is 2.40. The van der Waals surface area contributed by atoms with Gasteiger partial charge in [0.1, 0.15) is 23.2 Å². The Morgan fingerprint density at radius 3 is 2.76 bits per heavy atom. The molecule has 0 bridgehead atoms. The molecule has 1 aliphatic rings. The predicted octanol–water partition coefficient (Wildman–Crippen LogP) is 6.54. The Morgan fingerprint density at radius 1 is 1.38 bits per heavy atom. The van der Waals surface area contributed by atoms with E-state index in [-0.39, 0.29) is 35.2 Å². The minimum atomic E-state index is -1.87. The number of pyridine rings is 1. The highest BCUT2D eigenvalue weighted by atomic mass is 19.1. The van der Waals surface area contributed by atoms with Crippen molar-refractivity contribution in [3.63, 3.8) is 0 Å². The maximum absolute atomic E-state index is 14.5. The smallest absolute Gasteiger partial charge is 0.264 e. The van der Waals surface area contributed by atoms with E-state index in [9.17, 15) is 18.8 Å². The lowest BCUT2D eigenvalue weighted by Crippen LogP contribution is -2.14. The molecule has 0 radical (unpaired) electrons. The predicted molar refractivity (Wildman–Crippen MR) is 136 cm³/mol. The van der Waals surface area contributed by atoms with E-state index in [1.807, 2.05) is 26.0 Å². The number of ketones is 1. The van der Waals surface area contributed by atoms with Crippen LogP contribution in [0.25, 0.3) is 16.6 Å². The first-order valence-corrected chi connectivity index (χ1v) is 12.1. The number of aromatic nitrogens is 2. The number of carbonyl (C=O) groups excluding carboxylic acids is 1. The fourth-order valence-electron chi connectivity index (χ4n) is 4.32. The van der Waals surface area contributed by atoms with E-state index in [0.717, 1.165) is 17.2 Å². The molecule has 3 aromatic rings. The monoisotopic (exact) mass is 505 g/mol. The molecule has 1 unspecified atom stereocenters. The summed E-state index contributed by atoms with van der Waals surface area (Å²) in [5.74, 6) is 0.0153. The quantitative estimate of drug-likeness (QED) is 0.219. The first-order valence-electron chi connectivity index (χ1n) is 12.1.